The van der Waals surface area contributed by atoms with Gasteiger partial charge in [-0.15, -0.1) is 0 Å². The maximum Gasteiger partial charge on any atom is 3.00 e. The van der Waals surface area contributed by atoms with Crippen LogP contribution < -0.4 is 0 Å². The van der Waals surface area contributed by atoms with Crippen molar-refractivity contribution in [1.82, 2.24) is 0 Å². The molecule has 0 bridgehead atoms. The van der Waals surface area contributed by atoms with Crippen LogP contribution in [0.3, 0.4) is 0 Å². The van der Waals surface area contributed by atoms with E-state index in [2.05, 4.69) is 0 Å². The van der Waals surface area contributed by atoms with Crippen LogP contribution >= 0.6 is 0 Å². The van der Waals surface area contributed by atoms with Gasteiger partial charge in [0.25, 0.3) is 0 Å². The van der Waals surface area contributed by atoms with E-state index in [0.29, 0.717) is 0 Å². The first kappa shape index (κ1) is 100. The van der Waals surface area contributed by atoms with E-state index in [1.54, 1.807) is 0 Å². The van der Waals surface area contributed by atoms with E-state index in [-0.39, 0.29) is 154 Å². The van der Waals surface area contributed by atoms with E-state index in [4.69, 9.17) is 0 Å². The summed E-state index contributed by atoms with van der Waals surface area (Å²) in [6.45, 7) is 0. The van der Waals surface area contributed by atoms with Gasteiger partial charge in [-0.25, -0.2) is 0 Å². The summed E-state index contributed by atoms with van der Waals surface area (Å²) >= 11 is 0. The van der Waals surface area contributed by atoms with Crippen LogP contribution in [0.2, 0.25) is 0 Å². The molecule has 0 aromatic rings. The van der Waals surface area contributed by atoms with E-state index in [0.717, 1.165) is 0 Å². The molecule has 2 radical (unpaired) electrons. The Hall–Kier alpha value is 4.70. The molecule has 0 nitrogen and oxygen atoms in total. The van der Waals surface area contributed by atoms with Crippen molar-refractivity contribution in [2.24, 2.45) is 0 Å². The summed E-state index contributed by atoms with van der Waals surface area (Å²) in [5.74, 6) is 0. The Labute approximate surface area is 151 Å². The third-order valence-corrected chi connectivity index (χ3v) is 0. The van der Waals surface area contributed by atoms with Gasteiger partial charge in [-0.3, -0.25) is 0 Å². The molecule has 58 valence electrons. The van der Waals surface area contributed by atoms with Crippen molar-refractivity contribution in [3.05, 3.63) is 0 Å². The molecule has 0 aromatic heterocycles. The van der Waals surface area contributed by atoms with Crippen molar-refractivity contribution in [3.8, 4) is 0 Å². The molecule has 0 saturated carbocycles. The molecule has 0 spiro atoms. The molecule has 0 saturated heterocycles. The van der Waals surface area contributed by atoms with Gasteiger partial charge in [0.2, 0.25) is 0 Å². The number of hydrogen-bond acceptors (Lipinski definition) is 0. The fourth-order valence-electron chi connectivity index (χ4n) is 0. The molecule has 0 aromatic carbocycles. The predicted molar refractivity (Wildman–Crippen MR) is 40.3 cm³/mol. The van der Waals surface area contributed by atoms with Crippen molar-refractivity contribution in [3.63, 3.8) is 0 Å². The second-order valence-corrected chi connectivity index (χ2v) is 0. The SMILES string of the molecule is [Al+3].[Al+3].[Cu+2].[Cu+2].[Se-2].[Se-2].[Se-2].[Se-2].[Se-2]. The summed E-state index contributed by atoms with van der Waals surface area (Å²) < 4.78 is 0. The summed E-state index contributed by atoms with van der Waals surface area (Å²) in [6.07, 6.45) is 0. The van der Waals surface area contributed by atoms with Gasteiger partial charge in [0.05, 0.1) is 0 Å². The predicted octanol–water partition coefficient (Wildman–Crippen LogP) is -2.67. The van der Waals surface area contributed by atoms with Gasteiger partial charge in [0.1, 0.15) is 0 Å². The van der Waals surface area contributed by atoms with Gasteiger partial charge in [-0.1, -0.05) is 0 Å². The number of rotatable bonds is 0. The largest absolute Gasteiger partial charge is 3.00 e. The second-order valence-electron chi connectivity index (χ2n) is 0. The third kappa shape index (κ3) is 65.8. The Morgan fingerprint density at radius 2 is 0.333 bits per heavy atom. The Bertz CT molecular complexity index is 12.9. The Morgan fingerprint density at radius 1 is 0.333 bits per heavy atom. The van der Waals surface area contributed by atoms with E-state index in [9.17, 15) is 0 Å². The van der Waals surface area contributed by atoms with E-state index < -0.39 is 0 Å². The van der Waals surface area contributed by atoms with Gasteiger partial charge in [0.15, 0.2) is 0 Å². The summed E-state index contributed by atoms with van der Waals surface area (Å²) in [4.78, 5) is 0. The van der Waals surface area contributed by atoms with Gasteiger partial charge < -0.3 is 85.3 Å². The molecule has 0 atom stereocenters. The molecule has 0 heterocycles. The minimum Gasteiger partial charge on any atom is -2.00 e. The summed E-state index contributed by atoms with van der Waals surface area (Å²) in [6, 6.07) is 0. The fraction of sp³-hybridized carbons (Fsp3) is 0. The molecule has 9 heavy (non-hydrogen) atoms. The van der Waals surface area contributed by atoms with Gasteiger partial charge >= 0.3 is 68.9 Å². The Kier molecular flexibility index (Phi) is 874. The van der Waals surface area contributed by atoms with Crippen LogP contribution in [-0.2, 0) is 34.1 Å². The Morgan fingerprint density at radius 3 is 0.333 bits per heavy atom. The van der Waals surface area contributed by atoms with Crippen molar-refractivity contribution in [2.75, 3.05) is 0 Å². The van der Waals surface area contributed by atoms with Crippen LogP contribution in [0, 0.1) is 0 Å². The fourth-order valence-corrected chi connectivity index (χ4v) is 0. The quantitative estimate of drug-likeness (QED) is 0.277. The van der Waals surface area contributed by atoms with Gasteiger partial charge in [-0.05, 0) is 0 Å². The number of hydrogen-bond donors (Lipinski definition) is 0. The molecule has 0 N–H and O–H groups in total. The minimum absolute atomic E-state index is 0. The first-order valence-electron chi connectivity index (χ1n) is 0. The molecule has 0 aliphatic carbocycles. The molecule has 0 aliphatic rings. The van der Waals surface area contributed by atoms with Crippen LogP contribution in [-0.4, -0.2) is 120 Å². The standard InChI is InChI=1S/2Al.2Cu.5Se/q2*+3;2*+2;5*-2. The third-order valence-electron chi connectivity index (χ3n) is 0. The van der Waals surface area contributed by atoms with Crippen LogP contribution in [0.5, 0.6) is 0 Å². The smallest absolute Gasteiger partial charge is 2.00 e. The van der Waals surface area contributed by atoms with Crippen molar-refractivity contribution in [2.45, 2.75) is 0 Å². The maximum absolute atomic E-state index is 0. The molecular weight excluding hydrogens is 576 g/mol. The first-order chi connectivity index (χ1) is 0. The summed E-state index contributed by atoms with van der Waals surface area (Å²) in [5, 5.41) is 0. The second kappa shape index (κ2) is 78.7. The maximum atomic E-state index is 0. The zero-order valence-electron chi connectivity index (χ0n) is 3.80. The molecule has 9 heteroatoms. The van der Waals surface area contributed by atoms with Crippen LogP contribution in [0.25, 0.3) is 0 Å². The van der Waals surface area contributed by atoms with E-state index in [1.807, 2.05) is 0 Å². The van der Waals surface area contributed by atoms with Crippen molar-refractivity contribution in [1.29, 1.82) is 0 Å². The van der Waals surface area contributed by atoms with Crippen LogP contribution in [0.4, 0.5) is 0 Å². The average molecular weight is 576 g/mol. The molecule has 0 unspecified atom stereocenters. The molecule has 0 fully saturated rings. The topological polar surface area (TPSA) is 0 Å². The molecule has 0 amide bonds. The monoisotopic (exact) mass is 579 g/mol. The minimum atomic E-state index is 0. The van der Waals surface area contributed by atoms with Crippen molar-refractivity contribution < 1.29 is 34.1 Å². The first-order valence-corrected chi connectivity index (χ1v) is 0. The molecule has 0 rings (SSSR count). The molecular formula is Al2Cu2Se5. The van der Waals surface area contributed by atoms with Gasteiger partial charge in [0, 0.05) is 0 Å². The van der Waals surface area contributed by atoms with E-state index in [1.165, 1.54) is 0 Å². The van der Waals surface area contributed by atoms with Crippen LogP contribution in [0.1, 0.15) is 0 Å². The van der Waals surface area contributed by atoms with Gasteiger partial charge in [-0.2, -0.15) is 0 Å². The summed E-state index contributed by atoms with van der Waals surface area (Å²) in [7, 11) is 0. The van der Waals surface area contributed by atoms with Crippen molar-refractivity contribution >= 4 is 120 Å². The Balaban J connectivity index is 0. The molecule has 0 aliphatic heterocycles. The average Bonchev–Trinajstić information content (AvgIpc) is 0. The summed E-state index contributed by atoms with van der Waals surface area (Å²) in [5.41, 5.74) is 0. The zero-order valence-corrected chi connectivity index (χ0v) is 16.6. The zero-order chi connectivity index (χ0) is 0. The normalized spacial score (nSPS) is 0. The van der Waals surface area contributed by atoms with E-state index >= 15 is 0 Å². The van der Waals surface area contributed by atoms with Crippen LogP contribution in [0.15, 0.2) is 0 Å².